The molecule has 3 aromatic carbocycles. The molecule has 0 aliphatic heterocycles. The highest BCUT2D eigenvalue weighted by atomic mass is 16.4. The summed E-state index contributed by atoms with van der Waals surface area (Å²) in [5.41, 5.74) is 6.70. The summed E-state index contributed by atoms with van der Waals surface area (Å²) < 4.78 is 0. The zero-order valence-electron chi connectivity index (χ0n) is 19.4. The van der Waals surface area contributed by atoms with Crippen molar-refractivity contribution in [3.05, 3.63) is 95.2 Å². The molecule has 2 heterocycles. The van der Waals surface area contributed by atoms with E-state index in [-0.39, 0.29) is 0 Å². The number of nitrogens with one attached hydrogen (secondary N) is 1. The molecule has 5 aromatic rings. The minimum absolute atomic E-state index is 0.355. The molecule has 0 saturated carbocycles. The average molecular weight is 464 g/mol. The van der Waals surface area contributed by atoms with E-state index in [1.807, 2.05) is 60.7 Å². The third-order valence-corrected chi connectivity index (χ3v) is 6.22. The molecule has 0 atom stereocenters. The van der Waals surface area contributed by atoms with Gasteiger partial charge in [-0.25, -0.2) is 4.79 Å². The van der Waals surface area contributed by atoms with Crippen LogP contribution in [0.5, 0.6) is 0 Å². The molecule has 0 aliphatic carbocycles. The van der Waals surface area contributed by atoms with Gasteiger partial charge in [-0.3, -0.25) is 4.98 Å². The Kier molecular flexibility index (Phi) is 6.30. The number of para-hydroxylation sites is 1. The van der Waals surface area contributed by atoms with Crippen molar-refractivity contribution in [2.75, 3.05) is 0 Å². The number of carbonyl (C=O) groups is 1. The van der Waals surface area contributed by atoms with Crippen LogP contribution >= 0.6 is 0 Å². The van der Waals surface area contributed by atoms with Crippen LogP contribution in [-0.4, -0.2) is 36.7 Å². The average Bonchev–Trinajstić information content (AvgIpc) is 3.42. The van der Waals surface area contributed by atoms with Crippen molar-refractivity contribution in [2.24, 2.45) is 0 Å². The van der Waals surface area contributed by atoms with Gasteiger partial charge in [-0.15, -0.1) is 10.2 Å². The first kappa shape index (κ1) is 22.4. The summed E-state index contributed by atoms with van der Waals surface area (Å²) in [6.07, 6.45) is 3.24. The summed E-state index contributed by atoms with van der Waals surface area (Å²) in [7, 11) is 0. The number of pyridine rings is 1. The quantitative estimate of drug-likeness (QED) is 0.305. The molecule has 0 bridgehead atoms. The molecule has 174 valence electrons. The number of hydrogen-bond donors (Lipinski definition) is 2. The summed E-state index contributed by atoms with van der Waals surface area (Å²) in [5.74, 6) is -0.374. The number of aromatic carboxylic acids is 1. The minimum Gasteiger partial charge on any atom is -0.478 e. The van der Waals surface area contributed by atoms with Gasteiger partial charge in [0.2, 0.25) is 5.82 Å². The van der Waals surface area contributed by atoms with Crippen molar-refractivity contribution < 1.29 is 9.90 Å². The highest BCUT2D eigenvalue weighted by Gasteiger charge is 2.20. The topological polar surface area (TPSA) is 105 Å². The molecule has 0 spiro atoms. The van der Waals surface area contributed by atoms with Crippen molar-refractivity contribution in [1.29, 1.82) is 0 Å². The molecular weight excluding hydrogens is 438 g/mol. The molecule has 0 unspecified atom stereocenters. The number of hydrogen-bond acceptors (Lipinski definition) is 5. The fourth-order valence-electron chi connectivity index (χ4n) is 4.50. The number of aromatic amines is 1. The molecule has 0 aliphatic rings. The Balaban J connectivity index is 1.54. The molecule has 0 radical (unpaired) electrons. The summed E-state index contributed by atoms with van der Waals surface area (Å²) in [6, 6.07) is 23.6. The Bertz CT molecular complexity index is 1480. The zero-order chi connectivity index (χ0) is 24.2. The van der Waals surface area contributed by atoms with E-state index < -0.39 is 5.97 Å². The lowest BCUT2D eigenvalue weighted by Crippen LogP contribution is -2.10. The van der Waals surface area contributed by atoms with E-state index >= 15 is 0 Å². The number of nitrogens with zero attached hydrogens (tertiary/aromatic N) is 4. The molecule has 0 saturated heterocycles. The Morgan fingerprint density at radius 2 is 1.69 bits per heavy atom. The van der Waals surface area contributed by atoms with Gasteiger partial charge in [0.05, 0.1) is 11.1 Å². The van der Waals surface area contributed by atoms with Crippen LogP contribution in [0.1, 0.15) is 46.9 Å². The Morgan fingerprint density at radius 1 is 0.943 bits per heavy atom. The second-order valence-corrected chi connectivity index (χ2v) is 8.49. The number of H-pyrrole nitrogens is 1. The lowest BCUT2D eigenvalue weighted by atomic mass is 9.92. The SMILES string of the molecule is CCCCc1nc2ccccc2c(C(=O)O)c1Cc1ccc(-c2ccccc2-c2nn[nH]n2)cc1. The van der Waals surface area contributed by atoms with Gasteiger partial charge in [0.15, 0.2) is 0 Å². The molecule has 35 heavy (non-hydrogen) atoms. The van der Waals surface area contributed by atoms with E-state index in [0.29, 0.717) is 23.2 Å². The smallest absolute Gasteiger partial charge is 0.336 e. The summed E-state index contributed by atoms with van der Waals surface area (Å²) in [6.45, 7) is 2.13. The Hall–Kier alpha value is -4.39. The number of unbranched alkanes of at least 4 members (excludes halogenated alkanes) is 1. The molecule has 7 heteroatoms. The van der Waals surface area contributed by atoms with Gasteiger partial charge in [0.25, 0.3) is 0 Å². The Morgan fingerprint density at radius 3 is 2.40 bits per heavy atom. The van der Waals surface area contributed by atoms with Gasteiger partial charge in [-0.05, 0) is 46.4 Å². The highest BCUT2D eigenvalue weighted by molar-refractivity contribution is 6.04. The van der Waals surface area contributed by atoms with Crippen molar-refractivity contribution in [3.63, 3.8) is 0 Å². The van der Waals surface area contributed by atoms with Crippen molar-refractivity contribution in [1.82, 2.24) is 25.6 Å². The highest BCUT2D eigenvalue weighted by Crippen LogP contribution is 2.31. The summed E-state index contributed by atoms with van der Waals surface area (Å²) >= 11 is 0. The van der Waals surface area contributed by atoms with E-state index in [1.165, 1.54) is 0 Å². The molecule has 2 aromatic heterocycles. The molecule has 0 amide bonds. The van der Waals surface area contributed by atoms with Crippen LogP contribution in [0.2, 0.25) is 0 Å². The molecule has 2 N–H and O–H groups in total. The van der Waals surface area contributed by atoms with Gasteiger partial charge in [0, 0.05) is 23.1 Å². The van der Waals surface area contributed by atoms with Gasteiger partial charge < -0.3 is 5.11 Å². The number of carboxylic acids is 1. The lowest BCUT2D eigenvalue weighted by molar-refractivity contribution is 0.0697. The normalized spacial score (nSPS) is 11.1. The largest absolute Gasteiger partial charge is 0.478 e. The monoisotopic (exact) mass is 463 g/mol. The number of tetrazole rings is 1. The number of rotatable bonds is 8. The number of carboxylic acid groups (broad SMARTS) is 1. The van der Waals surface area contributed by atoms with Gasteiger partial charge >= 0.3 is 5.97 Å². The minimum atomic E-state index is -0.915. The maximum atomic E-state index is 12.4. The van der Waals surface area contributed by atoms with Gasteiger partial charge in [-0.1, -0.05) is 80.1 Å². The fraction of sp³-hybridized carbons (Fsp3) is 0.179. The van der Waals surface area contributed by atoms with Crippen LogP contribution in [0.3, 0.4) is 0 Å². The lowest BCUT2D eigenvalue weighted by Gasteiger charge is -2.15. The number of aryl methyl sites for hydroxylation is 1. The number of aromatic nitrogens is 5. The summed E-state index contributed by atoms with van der Waals surface area (Å²) in [4.78, 5) is 17.3. The predicted molar refractivity (Wildman–Crippen MR) is 135 cm³/mol. The van der Waals surface area contributed by atoms with Gasteiger partial charge in [0.1, 0.15) is 0 Å². The van der Waals surface area contributed by atoms with Crippen LogP contribution < -0.4 is 0 Å². The Labute approximate surface area is 202 Å². The predicted octanol–water partition coefficient (Wildman–Crippen LogP) is 5.71. The van der Waals surface area contributed by atoms with Crippen molar-refractivity contribution >= 4 is 16.9 Å². The second-order valence-electron chi connectivity index (χ2n) is 8.49. The zero-order valence-corrected chi connectivity index (χ0v) is 19.4. The van der Waals surface area contributed by atoms with Crippen molar-refractivity contribution in [3.8, 4) is 22.5 Å². The first-order chi connectivity index (χ1) is 17.2. The van der Waals surface area contributed by atoms with E-state index in [2.05, 4.69) is 39.7 Å². The maximum absolute atomic E-state index is 12.4. The van der Waals surface area contributed by atoms with Crippen molar-refractivity contribution in [2.45, 2.75) is 32.6 Å². The standard InChI is InChI=1S/C28H25N5O2/c1-2-3-11-25-23(26(28(34)35)22-10-6-7-12-24(22)29-25)17-18-13-15-19(16-14-18)20-8-4-5-9-21(20)27-30-32-33-31-27/h4-10,12-16H,2-3,11,17H2,1H3,(H,34,35)(H,30,31,32,33). The van der Waals surface area contributed by atoms with E-state index in [9.17, 15) is 9.90 Å². The fourth-order valence-corrected chi connectivity index (χ4v) is 4.50. The third kappa shape index (κ3) is 4.53. The van der Waals surface area contributed by atoms with E-state index in [1.54, 1.807) is 0 Å². The van der Waals surface area contributed by atoms with Crippen LogP contribution in [0.15, 0.2) is 72.8 Å². The molecule has 5 rings (SSSR count). The number of benzene rings is 3. The maximum Gasteiger partial charge on any atom is 0.336 e. The third-order valence-electron chi connectivity index (χ3n) is 6.22. The van der Waals surface area contributed by atoms with E-state index in [4.69, 9.17) is 4.98 Å². The summed E-state index contributed by atoms with van der Waals surface area (Å²) in [5, 5.41) is 25.3. The van der Waals surface area contributed by atoms with Crippen LogP contribution in [-0.2, 0) is 12.8 Å². The van der Waals surface area contributed by atoms with Crippen LogP contribution in [0.4, 0.5) is 0 Å². The van der Waals surface area contributed by atoms with Crippen LogP contribution in [0.25, 0.3) is 33.4 Å². The molecule has 0 fully saturated rings. The number of fused-ring (bicyclic) bond motifs is 1. The van der Waals surface area contributed by atoms with E-state index in [0.717, 1.165) is 58.3 Å². The first-order valence-electron chi connectivity index (χ1n) is 11.7. The molecular formula is C28H25N5O2. The first-order valence-corrected chi connectivity index (χ1v) is 11.7. The van der Waals surface area contributed by atoms with Gasteiger partial charge in [-0.2, -0.15) is 5.21 Å². The second kappa shape index (κ2) is 9.85. The van der Waals surface area contributed by atoms with Crippen LogP contribution in [0, 0.1) is 0 Å². The molecule has 7 nitrogen and oxygen atoms in total.